The molecule has 0 aliphatic rings. The van der Waals surface area contributed by atoms with Gasteiger partial charge in [-0.25, -0.2) is 0 Å². The normalized spacial score (nSPS) is 10.5. The Balaban J connectivity index is 1.46. The molecule has 4 nitrogen and oxygen atoms in total. The van der Waals surface area contributed by atoms with E-state index < -0.39 is 0 Å². The van der Waals surface area contributed by atoms with Crippen LogP contribution in [0.3, 0.4) is 0 Å². The summed E-state index contributed by atoms with van der Waals surface area (Å²) in [6.07, 6.45) is 3.20. The Morgan fingerprint density at radius 3 is 2.34 bits per heavy atom. The Morgan fingerprint density at radius 1 is 0.966 bits per heavy atom. The van der Waals surface area contributed by atoms with Gasteiger partial charge in [-0.3, -0.25) is 10.1 Å². The van der Waals surface area contributed by atoms with Crippen LogP contribution in [0.5, 0.6) is 5.75 Å². The molecule has 2 N–H and O–H groups in total. The molecule has 0 unspecified atom stereocenters. The fraction of sp³-hybridized carbons (Fsp3) is 0.0833. The number of thiocarbonyl (C=S) groups is 1. The summed E-state index contributed by atoms with van der Waals surface area (Å²) in [6.45, 7) is 2.53. The van der Waals surface area contributed by atoms with Crippen molar-refractivity contribution in [3.8, 4) is 5.75 Å². The lowest BCUT2D eigenvalue weighted by atomic mass is 10.1. The van der Waals surface area contributed by atoms with Crippen LogP contribution in [0.1, 0.15) is 16.7 Å². The van der Waals surface area contributed by atoms with Crippen molar-refractivity contribution in [3.05, 3.63) is 102 Å². The molecule has 3 aromatic carbocycles. The largest absolute Gasteiger partial charge is 0.489 e. The Morgan fingerprint density at radius 2 is 1.66 bits per heavy atom. The summed E-state index contributed by atoms with van der Waals surface area (Å²) in [6, 6.07) is 25.3. The second kappa shape index (κ2) is 10.2. The summed E-state index contributed by atoms with van der Waals surface area (Å²) in [7, 11) is 0. The fourth-order valence-corrected chi connectivity index (χ4v) is 2.76. The van der Waals surface area contributed by atoms with Crippen LogP contribution in [-0.2, 0) is 11.4 Å². The maximum Gasteiger partial charge on any atom is 0.250 e. The minimum Gasteiger partial charge on any atom is -0.489 e. The van der Waals surface area contributed by atoms with Gasteiger partial charge >= 0.3 is 0 Å². The number of aryl methyl sites for hydroxylation is 1. The first-order valence-electron chi connectivity index (χ1n) is 9.22. The van der Waals surface area contributed by atoms with Crippen molar-refractivity contribution in [1.82, 2.24) is 5.32 Å². The summed E-state index contributed by atoms with van der Waals surface area (Å²) < 4.78 is 5.76. The molecule has 0 spiro atoms. The summed E-state index contributed by atoms with van der Waals surface area (Å²) in [4.78, 5) is 12.0. The number of ether oxygens (including phenoxy) is 1. The summed E-state index contributed by atoms with van der Waals surface area (Å²) in [5, 5.41) is 5.86. The highest BCUT2D eigenvalue weighted by molar-refractivity contribution is 7.80. The number of hydrogen-bond donors (Lipinski definition) is 2. The van der Waals surface area contributed by atoms with E-state index in [0.717, 1.165) is 22.6 Å². The lowest BCUT2D eigenvalue weighted by Gasteiger charge is -2.10. The molecule has 0 aromatic heterocycles. The SMILES string of the molecule is Cc1ccc(/C=C/C(=O)NC(=S)Nc2ccc(OCc3ccccc3)cc2)cc1. The average Bonchev–Trinajstić information content (AvgIpc) is 2.73. The van der Waals surface area contributed by atoms with E-state index in [4.69, 9.17) is 17.0 Å². The minimum absolute atomic E-state index is 0.238. The van der Waals surface area contributed by atoms with Gasteiger partial charge in [-0.15, -0.1) is 0 Å². The van der Waals surface area contributed by atoms with E-state index in [1.165, 1.54) is 11.6 Å². The van der Waals surface area contributed by atoms with Crippen molar-refractivity contribution in [3.63, 3.8) is 0 Å². The van der Waals surface area contributed by atoms with Crippen LogP contribution in [0.25, 0.3) is 6.08 Å². The van der Waals surface area contributed by atoms with E-state index in [2.05, 4.69) is 10.6 Å². The van der Waals surface area contributed by atoms with Crippen molar-refractivity contribution < 1.29 is 9.53 Å². The zero-order valence-corrected chi connectivity index (χ0v) is 16.9. The zero-order valence-electron chi connectivity index (χ0n) is 16.1. The standard InChI is InChI=1S/C24H22N2O2S/c1-18-7-9-19(10-8-18)11-16-23(27)26-24(29)25-21-12-14-22(15-13-21)28-17-20-5-3-2-4-6-20/h2-16H,17H2,1H3,(H2,25,26,27,29)/b16-11+. The van der Waals surface area contributed by atoms with Gasteiger partial charge < -0.3 is 10.1 Å². The first kappa shape index (κ1) is 20.3. The van der Waals surface area contributed by atoms with Crippen LogP contribution in [-0.4, -0.2) is 11.0 Å². The fourth-order valence-electron chi connectivity index (χ4n) is 2.54. The maximum absolute atomic E-state index is 12.0. The van der Waals surface area contributed by atoms with E-state index in [1.807, 2.05) is 85.8 Å². The van der Waals surface area contributed by atoms with Crippen molar-refractivity contribution >= 4 is 35.0 Å². The average molecular weight is 403 g/mol. The van der Waals surface area contributed by atoms with E-state index in [1.54, 1.807) is 6.08 Å². The molecule has 0 heterocycles. The Labute approximate surface area is 176 Å². The topological polar surface area (TPSA) is 50.4 Å². The summed E-state index contributed by atoms with van der Waals surface area (Å²) >= 11 is 5.20. The Bertz CT molecular complexity index is 982. The monoisotopic (exact) mass is 402 g/mol. The first-order valence-corrected chi connectivity index (χ1v) is 9.63. The minimum atomic E-state index is -0.286. The number of carbonyl (C=O) groups is 1. The van der Waals surface area contributed by atoms with E-state index >= 15 is 0 Å². The third kappa shape index (κ3) is 6.90. The molecule has 5 heteroatoms. The van der Waals surface area contributed by atoms with Crippen LogP contribution in [0, 0.1) is 6.92 Å². The Hall–Kier alpha value is -3.44. The lowest BCUT2D eigenvalue weighted by molar-refractivity contribution is -0.115. The highest BCUT2D eigenvalue weighted by Crippen LogP contribution is 2.17. The maximum atomic E-state index is 12.0. The highest BCUT2D eigenvalue weighted by Gasteiger charge is 2.03. The zero-order chi connectivity index (χ0) is 20.5. The number of carbonyl (C=O) groups excluding carboxylic acids is 1. The van der Waals surface area contributed by atoms with Crippen molar-refractivity contribution in [2.45, 2.75) is 13.5 Å². The van der Waals surface area contributed by atoms with Gasteiger partial charge in [0.2, 0.25) is 5.91 Å². The van der Waals surface area contributed by atoms with Gasteiger partial charge in [0.05, 0.1) is 0 Å². The number of anilines is 1. The van der Waals surface area contributed by atoms with Crippen LogP contribution < -0.4 is 15.4 Å². The molecule has 0 aliphatic heterocycles. The van der Waals surface area contributed by atoms with Crippen molar-refractivity contribution in [1.29, 1.82) is 0 Å². The second-order valence-corrected chi connectivity index (χ2v) is 6.89. The third-order valence-corrected chi connectivity index (χ3v) is 4.31. The van der Waals surface area contributed by atoms with Gasteiger partial charge in [-0.1, -0.05) is 60.2 Å². The molecule has 3 aromatic rings. The van der Waals surface area contributed by atoms with E-state index in [9.17, 15) is 4.79 Å². The second-order valence-electron chi connectivity index (χ2n) is 6.49. The number of hydrogen-bond acceptors (Lipinski definition) is 3. The van der Waals surface area contributed by atoms with E-state index in [-0.39, 0.29) is 11.0 Å². The number of rotatable bonds is 6. The van der Waals surface area contributed by atoms with Crippen LogP contribution in [0.4, 0.5) is 5.69 Å². The van der Waals surface area contributed by atoms with Crippen LogP contribution >= 0.6 is 12.2 Å². The van der Waals surface area contributed by atoms with E-state index in [0.29, 0.717) is 6.61 Å². The van der Waals surface area contributed by atoms with Crippen molar-refractivity contribution in [2.24, 2.45) is 0 Å². The molecule has 1 amide bonds. The first-order chi connectivity index (χ1) is 14.1. The molecule has 0 atom stereocenters. The molecule has 29 heavy (non-hydrogen) atoms. The smallest absolute Gasteiger partial charge is 0.250 e. The summed E-state index contributed by atoms with van der Waals surface area (Å²) in [5.41, 5.74) is 4.01. The molecule has 3 rings (SSSR count). The van der Waals surface area contributed by atoms with Crippen molar-refractivity contribution in [2.75, 3.05) is 5.32 Å². The molecule has 0 radical (unpaired) electrons. The van der Waals surface area contributed by atoms with Gasteiger partial charge in [0.25, 0.3) is 0 Å². The van der Waals surface area contributed by atoms with Gasteiger partial charge in [0.1, 0.15) is 12.4 Å². The Kier molecular flexibility index (Phi) is 7.14. The predicted molar refractivity (Wildman–Crippen MR) is 122 cm³/mol. The molecular formula is C24H22N2O2S. The molecule has 0 saturated heterocycles. The molecule has 0 fully saturated rings. The number of benzene rings is 3. The number of nitrogens with one attached hydrogen (secondary N) is 2. The van der Waals surface area contributed by atoms with Gasteiger partial charge in [0, 0.05) is 11.8 Å². The molecule has 146 valence electrons. The number of amides is 1. The summed E-state index contributed by atoms with van der Waals surface area (Å²) in [5.74, 6) is 0.473. The molecule has 0 aliphatic carbocycles. The van der Waals surface area contributed by atoms with Crippen LogP contribution in [0.2, 0.25) is 0 Å². The molecule has 0 bridgehead atoms. The van der Waals surface area contributed by atoms with Crippen LogP contribution in [0.15, 0.2) is 84.9 Å². The lowest BCUT2D eigenvalue weighted by Crippen LogP contribution is -2.32. The quantitative estimate of drug-likeness (QED) is 0.445. The van der Waals surface area contributed by atoms with Gasteiger partial charge in [-0.05, 0) is 60.6 Å². The highest BCUT2D eigenvalue weighted by atomic mass is 32.1. The molecule has 0 saturated carbocycles. The third-order valence-electron chi connectivity index (χ3n) is 4.10. The van der Waals surface area contributed by atoms with Gasteiger partial charge in [-0.2, -0.15) is 0 Å². The molecular weight excluding hydrogens is 380 g/mol. The predicted octanol–water partition coefficient (Wildman–Crippen LogP) is 5.10. The van der Waals surface area contributed by atoms with Gasteiger partial charge in [0.15, 0.2) is 5.11 Å².